The zero-order valence-corrected chi connectivity index (χ0v) is 14.5. The van der Waals surface area contributed by atoms with Gasteiger partial charge in [-0.15, -0.1) is 0 Å². The molecular formula is C20H20N2S. The summed E-state index contributed by atoms with van der Waals surface area (Å²) in [5.41, 5.74) is 4.61. The predicted molar refractivity (Wildman–Crippen MR) is 102 cm³/mol. The SMILES string of the molecule is C\C=C/C(/C=C1\Sc2ccccc2N1C)=C1/C=CC=CC1=NC. The van der Waals surface area contributed by atoms with Crippen molar-refractivity contribution in [3.05, 3.63) is 83.0 Å². The molecule has 1 aromatic carbocycles. The van der Waals surface area contributed by atoms with E-state index in [-0.39, 0.29) is 0 Å². The van der Waals surface area contributed by atoms with Crippen LogP contribution in [0.25, 0.3) is 0 Å². The Kier molecular flexibility index (Phi) is 4.68. The van der Waals surface area contributed by atoms with Gasteiger partial charge in [0.25, 0.3) is 0 Å². The highest BCUT2D eigenvalue weighted by Gasteiger charge is 2.21. The first-order valence-corrected chi connectivity index (χ1v) is 8.47. The van der Waals surface area contributed by atoms with Crippen molar-refractivity contribution < 1.29 is 0 Å². The van der Waals surface area contributed by atoms with Crippen LogP contribution in [0.5, 0.6) is 0 Å². The van der Waals surface area contributed by atoms with E-state index in [0.29, 0.717) is 0 Å². The molecule has 0 bridgehead atoms. The second-order valence-corrected chi connectivity index (χ2v) is 6.37. The number of rotatable bonds is 2. The molecule has 0 amide bonds. The van der Waals surface area contributed by atoms with Crippen LogP contribution in [0.3, 0.4) is 0 Å². The maximum atomic E-state index is 4.40. The topological polar surface area (TPSA) is 15.6 Å². The van der Waals surface area contributed by atoms with Crippen molar-refractivity contribution in [3.63, 3.8) is 0 Å². The van der Waals surface area contributed by atoms with Crippen LogP contribution < -0.4 is 4.90 Å². The molecule has 1 aliphatic carbocycles. The number of aliphatic imine (C=N–C) groups is 1. The molecule has 0 fully saturated rings. The molecule has 116 valence electrons. The van der Waals surface area contributed by atoms with Gasteiger partial charge in [-0.05, 0) is 36.8 Å². The summed E-state index contributed by atoms with van der Waals surface area (Å²) in [4.78, 5) is 7.95. The second-order valence-electron chi connectivity index (χ2n) is 5.31. The summed E-state index contributed by atoms with van der Waals surface area (Å²) >= 11 is 1.81. The van der Waals surface area contributed by atoms with E-state index in [0.717, 1.165) is 11.3 Å². The lowest BCUT2D eigenvalue weighted by Crippen LogP contribution is -2.10. The number of benzene rings is 1. The Morgan fingerprint density at radius 2 is 1.96 bits per heavy atom. The third-order valence-corrected chi connectivity index (χ3v) is 5.02. The van der Waals surface area contributed by atoms with Crippen molar-refractivity contribution in [2.75, 3.05) is 19.0 Å². The Bertz CT molecular complexity index is 792. The number of anilines is 1. The quantitative estimate of drug-likeness (QED) is 0.750. The summed E-state index contributed by atoms with van der Waals surface area (Å²) < 4.78 is 0. The van der Waals surface area contributed by atoms with Crippen molar-refractivity contribution in [2.45, 2.75) is 11.8 Å². The molecule has 0 N–H and O–H groups in total. The van der Waals surface area contributed by atoms with Crippen LogP contribution in [0.15, 0.2) is 92.9 Å². The van der Waals surface area contributed by atoms with Crippen molar-refractivity contribution in [1.29, 1.82) is 0 Å². The third kappa shape index (κ3) is 3.10. The average molecular weight is 320 g/mol. The molecule has 2 aliphatic rings. The summed E-state index contributed by atoms with van der Waals surface area (Å²) in [5, 5.41) is 1.23. The molecule has 1 aliphatic heterocycles. The number of allylic oxidation sites excluding steroid dienone is 9. The highest BCUT2D eigenvalue weighted by atomic mass is 32.2. The van der Waals surface area contributed by atoms with Gasteiger partial charge in [-0.2, -0.15) is 0 Å². The normalized spacial score (nSPS) is 22.5. The molecule has 3 heteroatoms. The lowest BCUT2D eigenvalue weighted by molar-refractivity contribution is 1.17. The fourth-order valence-electron chi connectivity index (χ4n) is 2.69. The summed E-state index contributed by atoms with van der Waals surface area (Å²) in [6.45, 7) is 2.05. The molecule has 0 unspecified atom stereocenters. The van der Waals surface area contributed by atoms with Crippen LogP contribution in [0.1, 0.15) is 6.92 Å². The maximum absolute atomic E-state index is 4.40. The zero-order valence-electron chi connectivity index (χ0n) is 13.7. The molecule has 23 heavy (non-hydrogen) atoms. The van der Waals surface area contributed by atoms with Crippen molar-refractivity contribution in [1.82, 2.24) is 0 Å². The van der Waals surface area contributed by atoms with Crippen LogP contribution in [-0.2, 0) is 0 Å². The third-order valence-electron chi connectivity index (χ3n) is 3.85. The van der Waals surface area contributed by atoms with E-state index in [4.69, 9.17) is 0 Å². The van der Waals surface area contributed by atoms with Crippen LogP contribution in [0, 0.1) is 0 Å². The van der Waals surface area contributed by atoms with Crippen LogP contribution in [0.2, 0.25) is 0 Å². The molecule has 1 aromatic rings. The molecular weight excluding hydrogens is 300 g/mol. The van der Waals surface area contributed by atoms with Crippen LogP contribution in [-0.4, -0.2) is 19.8 Å². The summed E-state index contributed by atoms with van der Waals surface area (Å²) in [7, 11) is 3.96. The van der Waals surface area contributed by atoms with E-state index in [1.807, 2.05) is 31.8 Å². The van der Waals surface area contributed by atoms with E-state index in [2.05, 4.69) is 77.7 Å². The highest BCUT2D eigenvalue weighted by molar-refractivity contribution is 8.03. The maximum Gasteiger partial charge on any atom is 0.0805 e. The Hall–Kier alpha value is -2.26. The van der Waals surface area contributed by atoms with Gasteiger partial charge in [-0.25, -0.2) is 0 Å². The van der Waals surface area contributed by atoms with E-state index >= 15 is 0 Å². The minimum absolute atomic E-state index is 1.01. The standard InChI is InChI=1S/C20H20N2S/c1-4-9-15(16-10-5-6-11-17(16)21-2)14-20-22(3)18-12-7-8-13-19(18)23-20/h4-14H,1-3H3/b9-4-,16-15+,20-14-,21-17?. The number of para-hydroxylation sites is 1. The van der Waals surface area contributed by atoms with Gasteiger partial charge >= 0.3 is 0 Å². The van der Waals surface area contributed by atoms with Gasteiger partial charge in [0.1, 0.15) is 0 Å². The number of hydrogen-bond acceptors (Lipinski definition) is 3. The van der Waals surface area contributed by atoms with Crippen molar-refractivity contribution in [3.8, 4) is 0 Å². The van der Waals surface area contributed by atoms with Gasteiger partial charge in [-0.1, -0.05) is 54.3 Å². The van der Waals surface area contributed by atoms with Crippen molar-refractivity contribution in [2.24, 2.45) is 4.99 Å². The molecule has 0 spiro atoms. The first-order chi connectivity index (χ1) is 11.2. The average Bonchev–Trinajstić information content (AvgIpc) is 2.91. The molecule has 0 saturated carbocycles. The summed E-state index contributed by atoms with van der Waals surface area (Å²) in [6, 6.07) is 8.50. The van der Waals surface area contributed by atoms with E-state index in [1.165, 1.54) is 21.2 Å². The molecule has 0 atom stereocenters. The van der Waals surface area contributed by atoms with Gasteiger partial charge in [0.2, 0.25) is 0 Å². The monoisotopic (exact) mass is 320 g/mol. The van der Waals surface area contributed by atoms with Gasteiger partial charge < -0.3 is 4.90 Å². The van der Waals surface area contributed by atoms with Gasteiger partial charge in [-0.3, -0.25) is 4.99 Å². The van der Waals surface area contributed by atoms with Gasteiger partial charge in [0, 0.05) is 24.6 Å². The molecule has 0 aromatic heterocycles. The Morgan fingerprint density at radius 3 is 2.70 bits per heavy atom. The lowest BCUT2D eigenvalue weighted by Gasteiger charge is -2.15. The fraction of sp³-hybridized carbons (Fsp3) is 0.150. The van der Waals surface area contributed by atoms with E-state index < -0.39 is 0 Å². The zero-order chi connectivity index (χ0) is 16.2. The fourth-order valence-corrected chi connectivity index (χ4v) is 3.79. The molecule has 3 rings (SSSR count). The number of fused-ring (bicyclic) bond motifs is 1. The van der Waals surface area contributed by atoms with Crippen LogP contribution >= 0.6 is 11.8 Å². The smallest absolute Gasteiger partial charge is 0.0805 e. The Labute approximate surface area is 142 Å². The largest absolute Gasteiger partial charge is 0.338 e. The molecule has 1 heterocycles. The van der Waals surface area contributed by atoms with Crippen LogP contribution in [0.4, 0.5) is 5.69 Å². The second kappa shape index (κ2) is 6.88. The first kappa shape index (κ1) is 15.6. The number of hydrogen-bond donors (Lipinski definition) is 0. The molecule has 0 saturated heterocycles. The van der Waals surface area contributed by atoms with E-state index in [9.17, 15) is 0 Å². The predicted octanol–water partition coefficient (Wildman–Crippen LogP) is 5.14. The van der Waals surface area contributed by atoms with Gasteiger partial charge in [0.05, 0.1) is 16.4 Å². The lowest BCUT2D eigenvalue weighted by atomic mass is 9.98. The molecule has 0 radical (unpaired) electrons. The van der Waals surface area contributed by atoms with E-state index in [1.54, 1.807) is 0 Å². The summed E-state index contributed by atoms with van der Waals surface area (Å²) in [6.07, 6.45) is 14.7. The summed E-state index contributed by atoms with van der Waals surface area (Å²) in [5.74, 6) is 0. The number of nitrogens with zero attached hydrogens (tertiary/aromatic N) is 2. The first-order valence-electron chi connectivity index (χ1n) is 7.65. The van der Waals surface area contributed by atoms with Gasteiger partial charge in [0.15, 0.2) is 0 Å². The molecule has 2 nitrogen and oxygen atoms in total. The Morgan fingerprint density at radius 1 is 1.17 bits per heavy atom. The van der Waals surface area contributed by atoms with Crippen molar-refractivity contribution >= 4 is 23.2 Å². The minimum Gasteiger partial charge on any atom is -0.338 e. The highest BCUT2D eigenvalue weighted by Crippen LogP contribution is 2.45. The minimum atomic E-state index is 1.01. The number of thioether (sulfide) groups is 1. The Balaban J connectivity index is 2.05.